The number of carboxylic acids is 1. The average Bonchev–Trinajstić information content (AvgIpc) is 2.76. The molecular weight excluding hydrogens is 396 g/mol. The van der Waals surface area contributed by atoms with Crippen molar-refractivity contribution in [3.8, 4) is 17.2 Å². The first-order valence-electron chi connectivity index (χ1n) is 9.81. The van der Waals surface area contributed by atoms with Gasteiger partial charge in [0.2, 0.25) is 5.75 Å². The lowest BCUT2D eigenvalue weighted by Gasteiger charge is -2.28. The first-order chi connectivity index (χ1) is 15.0. The normalized spacial score (nSPS) is 15.0. The molecule has 1 aliphatic rings. The van der Waals surface area contributed by atoms with Crippen molar-refractivity contribution in [2.45, 2.75) is 6.54 Å². The van der Waals surface area contributed by atoms with E-state index in [1.165, 1.54) is 0 Å². The van der Waals surface area contributed by atoms with E-state index in [2.05, 4.69) is 4.90 Å². The number of rotatable bonds is 5. The SMILES string of the molecule is COc1cc(/C=C2/CN(C)Cc3c2nc2ccccc2c3C(=O)O)cc(OC)c1OC. The molecule has 0 aliphatic carbocycles. The van der Waals surface area contributed by atoms with Crippen LogP contribution >= 0.6 is 0 Å². The van der Waals surface area contributed by atoms with Gasteiger partial charge in [-0.3, -0.25) is 4.90 Å². The van der Waals surface area contributed by atoms with Crippen molar-refractivity contribution in [1.29, 1.82) is 0 Å². The molecule has 0 bridgehead atoms. The highest BCUT2D eigenvalue weighted by atomic mass is 16.5. The number of carbonyl (C=O) groups is 1. The number of likely N-dealkylation sites (N-methyl/N-ethyl adjacent to an activating group) is 1. The van der Waals surface area contributed by atoms with Gasteiger partial charge in [0.05, 0.1) is 38.1 Å². The van der Waals surface area contributed by atoms with Crippen LogP contribution in [0.1, 0.15) is 27.2 Å². The van der Waals surface area contributed by atoms with Crippen molar-refractivity contribution in [3.05, 3.63) is 58.8 Å². The Labute approximate surface area is 180 Å². The summed E-state index contributed by atoms with van der Waals surface area (Å²) in [6.45, 7) is 1.15. The summed E-state index contributed by atoms with van der Waals surface area (Å²) in [5.41, 5.74) is 4.17. The molecule has 0 unspecified atom stereocenters. The number of carboxylic acid groups (broad SMARTS) is 1. The van der Waals surface area contributed by atoms with Gasteiger partial charge >= 0.3 is 5.97 Å². The summed E-state index contributed by atoms with van der Waals surface area (Å²) in [6, 6.07) is 11.1. The largest absolute Gasteiger partial charge is 0.493 e. The maximum absolute atomic E-state index is 12.2. The van der Waals surface area contributed by atoms with E-state index in [0.717, 1.165) is 16.7 Å². The number of hydrogen-bond acceptors (Lipinski definition) is 6. The molecule has 0 saturated heterocycles. The molecule has 0 radical (unpaired) electrons. The zero-order chi connectivity index (χ0) is 22.1. The van der Waals surface area contributed by atoms with E-state index < -0.39 is 5.97 Å². The number of para-hydroxylation sites is 1. The maximum atomic E-state index is 12.2. The second kappa shape index (κ2) is 8.28. The zero-order valence-corrected chi connectivity index (χ0v) is 17.9. The van der Waals surface area contributed by atoms with Crippen LogP contribution in [-0.4, -0.2) is 55.9 Å². The van der Waals surface area contributed by atoms with Crippen LogP contribution in [-0.2, 0) is 6.54 Å². The van der Waals surface area contributed by atoms with Crippen molar-refractivity contribution in [2.75, 3.05) is 34.9 Å². The van der Waals surface area contributed by atoms with Crippen LogP contribution in [0.4, 0.5) is 0 Å². The van der Waals surface area contributed by atoms with E-state index in [0.29, 0.717) is 52.5 Å². The smallest absolute Gasteiger partial charge is 0.336 e. The lowest BCUT2D eigenvalue weighted by molar-refractivity contribution is 0.0696. The van der Waals surface area contributed by atoms with Crippen LogP contribution < -0.4 is 14.2 Å². The number of pyridine rings is 1. The topological polar surface area (TPSA) is 81.1 Å². The number of fused-ring (bicyclic) bond motifs is 2. The highest BCUT2D eigenvalue weighted by Gasteiger charge is 2.27. The molecule has 0 saturated carbocycles. The molecule has 4 rings (SSSR count). The van der Waals surface area contributed by atoms with Crippen molar-refractivity contribution in [1.82, 2.24) is 9.88 Å². The molecule has 7 nitrogen and oxygen atoms in total. The summed E-state index contributed by atoms with van der Waals surface area (Å²) < 4.78 is 16.3. The van der Waals surface area contributed by atoms with Gasteiger partial charge in [0.1, 0.15) is 0 Å². The minimum Gasteiger partial charge on any atom is -0.493 e. The standard InChI is InChI=1S/C24H24N2O5/c1-26-12-15(9-14-10-19(29-2)23(31-4)20(11-14)30-3)22-17(13-26)21(24(27)28)16-7-5-6-8-18(16)25-22/h5-11H,12-13H2,1-4H3,(H,27,28)/b15-9-. The van der Waals surface area contributed by atoms with E-state index in [-0.39, 0.29) is 0 Å². The van der Waals surface area contributed by atoms with Crippen molar-refractivity contribution in [2.24, 2.45) is 0 Å². The molecule has 1 N–H and O–H groups in total. The van der Waals surface area contributed by atoms with E-state index >= 15 is 0 Å². The number of methoxy groups -OCH3 is 3. The molecule has 7 heteroatoms. The highest BCUT2D eigenvalue weighted by Crippen LogP contribution is 2.40. The Hall–Kier alpha value is -3.58. The summed E-state index contributed by atoms with van der Waals surface area (Å²) in [4.78, 5) is 19.1. The minimum absolute atomic E-state index is 0.308. The molecule has 0 amide bonds. The Kier molecular flexibility index (Phi) is 5.52. The van der Waals surface area contributed by atoms with Gasteiger partial charge in [-0.05, 0) is 42.5 Å². The summed E-state index contributed by atoms with van der Waals surface area (Å²) in [6.07, 6.45) is 1.99. The van der Waals surface area contributed by atoms with Crippen LogP contribution in [0.25, 0.3) is 22.6 Å². The lowest BCUT2D eigenvalue weighted by atomic mass is 9.92. The predicted octanol–water partition coefficient (Wildman–Crippen LogP) is 3.94. The molecule has 0 atom stereocenters. The van der Waals surface area contributed by atoms with E-state index in [4.69, 9.17) is 19.2 Å². The predicted molar refractivity (Wildman–Crippen MR) is 119 cm³/mol. The molecule has 2 heterocycles. The quantitative estimate of drug-likeness (QED) is 0.669. The first-order valence-corrected chi connectivity index (χ1v) is 9.81. The lowest BCUT2D eigenvalue weighted by Crippen LogP contribution is -2.28. The number of hydrogen-bond donors (Lipinski definition) is 1. The summed E-state index contributed by atoms with van der Waals surface area (Å²) in [5, 5.41) is 10.6. The van der Waals surface area contributed by atoms with Crippen LogP contribution in [0.3, 0.4) is 0 Å². The van der Waals surface area contributed by atoms with E-state index in [9.17, 15) is 9.90 Å². The number of nitrogens with zero attached hydrogens (tertiary/aromatic N) is 2. The average molecular weight is 420 g/mol. The highest BCUT2D eigenvalue weighted by molar-refractivity contribution is 6.06. The molecule has 31 heavy (non-hydrogen) atoms. The third-order valence-electron chi connectivity index (χ3n) is 5.41. The second-order valence-electron chi connectivity index (χ2n) is 7.44. The van der Waals surface area contributed by atoms with Crippen molar-refractivity contribution in [3.63, 3.8) is 0 Å². The monoisotopic (exact) mass is 420 g/mol. The van der Waals surface area contributed by atoms with E-state index in [1.807, 2.05) is 49.5 Å². The van der Waals surface area contributed by atoms with Crippen LogP contribution in [0.5, 0.6) is 17.2 Å². The Morgan fingerprint density at radius 3 is 2.35 bits per heavy atom. The van der Waals surface area contributed by atoms with Gasteiger partial charge in [0, 0.05) is 24.0 Å². The van der Waals surface area contributed by atoms with Gasteiger partial charge in [0.15, 0.2) is 11.5 Å². The van der Waals surface area contributed by atoms with Crippen molar-refractivity contribution < 1.29 is 24.1 Å². The van der Waals surface area contributed by atoms with Crippen LogP contribution in [0.15, 0.2) is 36.4 Å². The molecule has 2 aromatic carbocycles. The Morgan fingerprint density at radius 1 is 1.06 bits per heavy atom. The minimum atomic E-state index is -0.947. The number of aromatic carboxylic acids is 1. The van der Waals surface area contributed by atoms with Gasteiger partial charge in [0.25, 0.3) is 0 Å². The third kappa shape index (κ3) is 3.68. The summed E-state index contributed by atoms with van der Waals surface area (Å²) >= 11 is 0. The van der Waals surface area contributed by atoms with Gasteiger partial charge in [-0.25, -0.2) is 9.78 Å². The van der Waals surface area contributed by atoms with Crippen LogP contribution in [0, 0.1) is 0 Å². The summed E-state index contributed by atoms with van der Waals surface area (Å²) in [5.74, 6) is 0.675. The van der Waals surface area contributed by atoms with Crippen molar-refractivity contribution >= 4 is 28.5 Å². The molecule has 0 spiro atoms. The van der Waals surface area contributed by atoms with Gasteiger partial charge in [-0.1, -0.05) is 18.2 Å². The van der Waals surface area contributed by atoms with E-state index in [1.54, 1.807) is 21.3 Å². The molecule has 1 aromatic heterocycles. The van der Waals surface area contributed by atoms with Gasteiger partial charge < -0.3 is 19.3 Å². The molecule has 160 valence electrons. The Bertz CT molecular complexity index is 1180. The van der Waals surface area contributed by atoms with Gasteiger partial charge in [-0.15, -0.1) is 0 Å². The number of benzene rings is 2. The molecule has 1 aliphatic heterocycles. The van der Waals surface area contributed by atoms with Crippen LogP contribution in [0.2, 0.25) is 0 Å². The fourth-order valence-corrected chi connectivity index (χ4v) is 4.11. The Morgan fingerprint density at radius 2 is 1.74 bits per heavy atom. The maximum Gasteiger partial charge on any atom is 0.336 e. The molecular formula is C24H24N2O5. The zero-order valence-electron chi connectivity index (χ0n) is 17.9. The summed E-state index contributed by atoms with van der Waals surface area (Å²) in [7, 11) is 6.68. The fourth-order valence-electron chi connectivity index (χ4n) is 4.11. The molecule has 0 fully saturated rings. The number of aromatic nitrogens is 1. The first kappa shape index (κ1) is 20.7. The fraction of sp³-hybridized carbons (Fsp3) is 0.250. The second-order valence-corrected chi connectivity index (χ2v) is 7.44. The molecule has 3 aromatic rings. The third-order valence-corrected chi connectivity index (χ3v) is 5.41. The number of ether oxygens (including phenoxy) is 3. The van der Waals surface area contributed by atoms with Gasteiger partial charge in [-0.2, -0.15) is 0 Å². The Balaban J connectivity index is 1.95.